The minimum Gasteiger partial charge on any atom is -0.368 e. The Balaban J connectivity index is 2.31. The average Bonchev–Trinajstić information content (AvgIpc) is 2.29. The molecule has 1 aliphatic heterocycles. The van der Waals surface area contributed by atoms with Crippen molar-refractivity contribution in [3.63, 3.8) is 0 Å². The van der Waals surface area contributed by atoms with E-state index in [9.17, 15) is 9.59 Å². The van der Waals surface area contributed by atoms with Crippen LogP contribution < -0.4 is 16.4 Å². The summed E-state index contributed by atoms with van der Waals surface area (Å²) in [6, 6.07) is -0.584. The van der Waals surface area contributed by atoms with Gasteiger partial charge in [0.1, 0.15) is 6.04 Å². The highest BCUT2D eigenvalue weighted by Gasteiger charge is 2.23. The van der Waals surface area contributed by atoms with Crippen LogP contribution in [0.2, 0.25) is 0 Å². The molecule has 0 radical (unpaired) electrons. The van der Waals surface area contributed by atoms with Crippen molar-refractivity contribution in [3.05, 3.63) is 0 Å². The lowest BCUT2D eigenvalue weighted by Gasteiger charge is -2.28. The molecule has 1 saturated heterocycles. The molecular formula is C12H23N3O2. The summed E-state index contributed by atoms with van der Waals surface area (Å²) < 4.78 is 0. The van der Waals surface area contributed by atoms with E-state index in [-0.39, 0.29) is 5.91 Å². The highest BCUT2D eigenvalue weighted by Crippen LogP contribution is 2.22. The Labute approximate surface area is 103 Å². The van der Waals surface area contributed by atoms with E-state index in [1.165, 1.54) is 12.8 Å². The van der Waals surface area contributed by atoms with Crippen LogP contribution in [-0.4, -0.2) is 30.9 Å². The number of carbonyl (C=O) groups excluding carboxylic acids is 2. The lowest BCUT2D eigenvalue weighted by atomic mass is 9.85. The molecule has 3 unspecified atom stereocenters. The van der Waals surface area contributed by atoms with Gasteiger partial charge >= 0.3 is 0 Å². The van der Waals surface area contributed by atoms with Gasteiger partial charge in [-0.25, -0.2) is 0 Å². The topological polar surface area (TPSA) is 84.2 Å². The van der Waals surface area contributed by atoms with Crippen molar-refractivity contribution in [3.8, 4) is 0 Å². The van der Waals surface area contributed by atoms with E-state index in [4.69, 9.17) is 5.73 Å². The van der Waals surface area contributed by atoms with Crippen molar-refractivity contribution < 1.29 is 9.59 Å². The maximum atomic E-state index is 11.7. The summed E-state index contributed by atoms with van der Waals surface area (Å²) in [6.07, 6.45) is 2.81. The van der Waals surface area contributed by atoms with E-state index in [2.05, 4.69) is 17.6 Å². The first-order valence-electron chi connectivity index (χ1n) is 6.30. The second-order valence-electron chi connectivity index (χ2n) is 4.98. The normalized spacial score (nSPS) is 23.8. The molecule has 1 rings (SSSR count). The Morgan fingerprint density at radius 1 is 1.47 bits per heavy atom. The first-order valence-corrected chi connectivity index (χ1v) is 6.30. The van der Waals surface area contributed by atoms with Crippen LogP contribution in [0.3, 0.4) is 0 Å². The van der Waals surface area contributed by atoms with Crippen LogP contribution in [0.4, 0.5) is 0 Å². The summed E-state index contributed by atoms with van der Waals surface area (Å²) in [5.41, 5.74) is 5.09. The zero-order valence-corrected chi connectivity index (χ0v) is 10.7. The van der Waals surface area contributed by atoms with Crippen LogP contribution in [0, 0.1) is 11.8 Å². The van der Waals surface area contributed by atoms with Gasteiger partial charge in [0, 0.05) is 6.42 Å². The summed E-state index contributed by atoms with van der Waals surface area (Å²) in [6.45, 7) is 5.76. The van der Waals surface area contributed by atoms with Crippen LogP contribution >= 0.6 is 0 Å². The van der Waals surface area contributed by atoms with Gasteiger partial charge in [-0.2, -0.15) is 0 Å². The third-order valence-corrected chi connectivity index (χ3v) is 3.45. The number of carbonyl (C=O) groups is 2. The molecule has 0 spiro atoms. The van der Waals surface area contributed by atoms with Crippen LogP contribution in [0.1, 0.15) is 33.1 Å². The largest absolute Gasteiger partial charge is 0.368 e. The number of piperidine rings is 1. The Morgan fingerprint density at radius 2 is 2.18 bits per heavy atom. The second-order valence-corrected chi connectivity index (χ2v) is 4.98. The van der Waals surface area contributed by atoms with Gasteiger partial charge in [0.25, 0.3) is 0 Å². The van der Waals surface area contributed by atoms with Gasteiger partial charge in [0.2, 0.25) is 11.8 Å². The van der Waals surface area contributed by atoms with Crippen molar-refractivity contribution in [2.75, 3.05) is 13.1 Å². The number of rotatable bonds is 5. The Kier molecular flexibility index (Phi) is 5.41. The monoisotopic (exact) mass is 241 g/mol. The SMILES string of the molecule is CC(NC(=O)CC(C)C1CCCNC1)C(N)=O. The molecular weight excluding hydrogens is 218 g/mol. The molecule has 1 fully saturated rings. The van der Waals surface area contributed by atoms with Crippen molar-refractivity contribution in [2.24, 2.45) is 17.6 Å². The van der Waals surface area contributed by atoms with Gasteiger partial charge in [0.15, 0.2) is 0 Å². The molecule has 1 heterocycles. The number of amides is 2. The zero-order valence-electron chi connectivity index (χ0n) is 10.7. The number of nitrogens with two attached hydrogens (primary N) is 1. The van der Waals surface area contributed by atoms with E-state index in [1.807, 2.05) is 0 Å². The quantitative estimate of drug-likeness (QED) is 0.633. The lowest BCUT2D eigenvalue weighted by Crippen LogP contribution is -2.43. The minimum atomic E-state index is -0.584. The summed E-state index contributed by atoms with van der Waals surface area (Å²) in [5, 5.41) is 5.96. The van der Waals surface area contributed by atoms with Gasteiger partial charge in [-0.15, -0.1) is 0 Å². The number of hydrogen-bond acceptors (Lipinski definition) is 3. The van der Waals surface area contributed by atoms with E-state index in [0.717, 1.165) is 13.1 Å². The maximum absolute atomic E-state index is 11.7. The van der Waals surface area contributed by atoms with Crippen molar-refractivity contribution in [1.82, 2.24) is 10.6 Å². The first-order chi connectivity index (χ1) is 8.00. The fourth-order valence-electron chi connectivity index (χ4n) is 2.20. The molecule has 0 aliphatic carbocycles. The van der Waals surface area contributed by atoms with Gasteiger partial charge in [-0.3, -0.25) is 9.59 Å². The Bertz CT molecular complexity index is 275. The Hall–Kier alpha value is -1.10. The molecule has 0 saturated carbocycles. The average molecular weight is 241 g/mol. The summed E-state index contributed by atoms with van der Waals surface area (Å²) in [7, 11) is 0. The molecule has 4 N–H and O–H groups in total. The molecule has 1 aliphatic rings. The van der Waals surface area contributed by atoms with E-state index in [0.29, 0.717) is 18.3 Å². The second kappa shape index (κ2) is 6.59. The fraction of sp³-hybridized carbons (Fsp3) is 0.833. The van der Waals surface area contributed by atoms with Crippen molar-refractivity contribution >= 4 is 11.8 Å². The minimum absolute atomic E-state index is 0.0885. The van der Waals surface area contributed by atoms with Crippen molar-refractivity contribution in [2.45, 2.75) is 39.2 Å². The third-order valence-electron chi connectivity index (χ3n) is 3.45. The summed E-state index contributed by atoms with van der Waals surface area (Å²) >= 11 is 0. The van der Waals surface area contributed by atoms with Gasteiger partial charge in [-0.1, -0.05) is 6.92 Å². The first kappa shape index (κ1) is 14.0. The lowest BCUT2D eigenvalue weighted by molar-refractivity contribution is -0.127. The van der Waals surface area contributed by atoms with E-state index in [1.54, 1.807) is 6.92 Å². The fourth-order valence-corrected chi connectivity index (χ4v) is 2.20. The number of primary amides is 1. The molecule has 17 heavy (non-hydrogen) atoms. The van der Waals surface area contributed by atoms with Crippen LogP contribution in [0.25, 0.3) is 0 Å². The molecule has 2 amide bonds. The van der Waals surface area contributed by atoms with Gasteiger partial charge < -0.3 is 16.4 Å². The van der Waals surface area contributed by atoms with Crippen LogP contribution in [0.15, 0.2) is 0 Å². The number of nitrogens with one attached hydrogen (secondary N) is 2. The van der Waals surface area contributed by atoms with E-state index < -0.39 is 11.9 Å². The predicted molar refractivity (Wildman–Crippen MR) is 66.2 cm³/mol. The van der Waals surface area contributed by atoms with Crippen molar-refractivity contribution in [1.29, 1.82) is 0 Å². The Morgan fingerprint density at radius 3 is 2.71 bits per heavy atom. The van der Waals surface area contributed by atoms with Gasteiger partial charge in [-0.05, 0) is 44.7 Å². The zero-order chi connectivity index (χ0) is 12.8. The predicted octanol–water partition coefficient (Wildman–Crippen LogP) is 0.00220. The highest BCUT2D eigenvalue weighted by atomic mass is 16.2. The molecule has 5 heteroatoms. The molecule has 98 valence electrons. The maximum Gasteiger partial charge on any atom is 0.239 e. The molecule has 0 aromatic carbocycles. The standard InChI is InChI=1S/C12H23N3O2/c1-8(10-4-3-5-14-7-10)6-11(16)15-9(2)12(13)17/h8-10,14H,3-7H2,1-2H3,(H2,13,17)(H,15,16). The van der Waals surface area contributed by atoms with Gasteiger partial charge in [0.05, 0.1) is 0 Å². The summed E-state index contributed by atoms with van der Waals surface area (Å²) in [4.78, 5) is 22.5. The number of hydrogen-bond donors (Lipinski definition) is 3. The molecule has 0 aromatic rings. The van der Waals surface area contributed by atoms with E-state index >= 15 is 0 Å². The molecule has 0 aromatic heterocycles. The van der Waals surface area contributed by atoms with Crippen LogP contribution in [-0.2, 0) is 9.59 Å². The molecule has 0 bridgehead atoms. The third kappa shape index (κ3) is 4.73. The van der Waals surface area contributed by atoms with Crippen LogP contribution in [0.5, 0.6) is 0 Å². The highest BCUT2D eigenvalue weighted by molar-refractivity contribution is 5.86. The smallest absolute Gasteiger partial charge is 0.239 e. The molecule has 5 nitrogen and oxygen atoms in total. The molecule has 3 atom stereocenters. The summed E-state index contributed by atoms with van der Waals surface area (Å²) in [5.74, 6) is 0.306.